The van der Waals surface area contributed by atoms with E-state index >= 15 is 0 Å². The van der Waals surface area contributed by atoms with Crippen molar-refractivity contribution in [1.29, 1.82) is 0 Å². The summed E-state index contributed by atoms with van der Waals surface area (Å²) in [6.07, 6.45) is 0.985. The summed E-state index contributed by atoms with van der Waals surface area (Å²) in [6, 6.07) is -0.0912. The highest BCUT2D eigenvalue weighted by molar-refractivity contribution is 5.86. The first-order valence-corrected chi connectivity index (χ1v) is 5.88. The third kappa shape index (κ3) is 2.53. The van der Waals surface area contributed by atoms with Crippen molar-refractivity contribution in [2.75, 3.05) is 19.8 Å². The van der Waals surface area contributed by atoms with Crippen molar-refractivity contribution < 1.29 is 19.7 Å². The molecule has 1 aromatic heterocycles. The molecule has 1 fully saturated rings. The molecule has 0 unspecified atom stereocenters. The molecule has 7 heteroatoms. The fourth-order valence-corrected chi connectivity index (χ4v) is 2.18. The minimum atomic E-state index is -1.03. The maximum Gasteiger partial charge on any atom is 0.354 e. The Morgan fingerprint density at radius 2 is 2.44 bits per heavy atom. The zero-order valence-electron chi connectivity index (χ0n) is 10.2. The van der Waals surface area contributed by atoms with Crippen LogP contribution in [0.5, 0.6) is 0 Å². The molecule has 3 N–H and O–H groups in total. The van der Waals surface area contributed by atoms with E-state index in [4.69, 9.17) is 9.84 Å². The molecule has 0 saturated carbocycles. The van der Waals surface area contributed by atoms with E-state index in [1.54, 1.807) is 0 Å². The molecule has 1 aliphatic heterocycles. The number of likely N-dealkylation sites (N-methyl/N-ethyl adjacent to an activating group) is 1. The summed E-state index contributed by atoms with van der Waals surface area (Å²) in [5.74, 6) is -1.03. The second-order valence-corrected chi connectivity index (χ2v) is 4.31. The number of H-pyrrole nitrogens is 1. The molecule has 2 rings (SSSR count). The minimum absolute atomic E-state index is 0.0912. The van der Waals surface area contributed by atoms with Crippen LogP contribution in [0.1, 0.15) is 23.0 Å². The second-order valence-electron chi connectivity index (χ2n) is 4.31. The molecule has 0 amide bonds. The van der Waals surface area contributed by atoms with Crippen LogP contribution >= 0.6 is 0 Å². The van der Waals surface area contributed by atoms with E-state index in [9.17, 15) is 9.90 Å². The highest BCUT2D eigenvalue weighted by atomic mass is 16.5. The van der Waals surface area contributed by atoms with Gasteiger partial charge in [0.05, 0.1) is 31.6 Å². The SMILES string of the molecule is CCN(Cc1cn[nH]c1C(=O)O)[C@H]1COC[C@@H]1O. The fraction of sp³-hybridized carbons (Fsp3) is 0.636. The summed E-state index contributed by atoms with van der Waals surface area (Å²) in [5.41, 5.74) is 0.713. The van der Waals surface area contributed by atoms with Crippen LogP contribution < -0.4 is 0 Å². The van der Waals surface area contributed by atoms with Crippen molar-refractivity contribution in [1.82, 2.24) is 15.1 Å². The normalized spacial score (nSPS) is 23.7. The molecule has 0 radical (unpaired) electrons. The predicted molar refractivity (Wildman–Crippen MR) is 62.2 cm³/mol. The average Bonchev–Trinajstić information content (AvgIpc) is 2.94. The van der Waals surface area contributed by atoms with Gasteiger partial charge in [0.15, 0.2) is 0 Å². The Kier molecular flexibility index (Phi) is 3.95. The summed E-state index contributed by atoms with van der Waals surface area (Å²) in [5, 5.41) is 25.0. The summed E-state index contributed by atoms with van der Waals surface area (Å²) in [4.78, 5) is 13.0. The van der Waals surface area contributed by atoms with Crippen LogP contribution in [-0.4, -0.2) is 63.2 Å². The highest BCUT2D eigenvalue weighted by Crippen LogP contribution is 2.17. The zero-order valence-corrected chi connectivity index (χ0v) is 10.2. The van der Waals surface area contributed by atoms with Crippen LogP contribution in [-0.2, 0) is 11.3 Å². The van der Waals surface area contributed by atoms with Gasteiger partial charge >= 0.3 is 5.97 Å². The number of nitrogens with zero attached hydrogens (tertiary/aromatic N) is 2. The van der Waals surface area contributed by atoms with Gasteiger partial charge in [-0.3, -0.25) is 10.00 Å². The van der Waals surface area contributed by atoms with E-state index in [2.05, 4.69) is 10.2 Å². The van der Waals surface area contributed by atoms with Crippen molar-refractivity contribution in [3.63, 3.8) is 0 Å². The maximum absolute atomic E-state index is 11.0. The van der Waals surface area contributed by atoms with Crippen LogP contribution in [0, 0.1) is 0 Å². The summed E-state index contributed by atoms with van der Waals surface area (Å²) < 4.78 is 5.22. The lowest BCUT2D eigenvalue weighted by molar-refractivity contribution is 0.0680. The number of ether oxygens (including phenoxy) is 1. The first kappa shape index (κ1) is 13.0. The molecule has 0 spiro atoms. The van der Waals surface area contributed by atoms with Gasteiger partial charge in [0.25, 0.3) is 0 Å². The van der Waals surface area contributed by atoms with E-state index in [0.717, 1.165) is 0 Å². The Hall–Kier alpha value is -1.44. The third-order valence-electron chi connectivity index (χ3n) is 3.20. The van der Waals surface area contributed by atoms with Gasteiger partial charge in [-0.1, -0.05) is 6.92 Å². The van der Waals surface area contributed by atoms with E-state index in [-0.39, 0.29) is 11.7 Å². The Morgan fingerprint density at radius 3 is 3.00 bits per heavy atom. The van der Waals surface area contributed by atoms with E-state index in [1.807, 2.05) is 11.8 Å². The van der Waals surface area contributed by atoms with Crippen molar-refractivity contribution >= 4 is 5.97 Å². The highest BCUT2D eigenvalue weighted by Gasteiger charge is 2.31. The van der Waals surface area contributed by atoms with Gasteiger partial charge in [-0.2, -0.15) is 5.10 Å². The van der Waals surface area contributed by atoms with E-state index in [0.29, 0.717) is 31.9 Å². The van der Waals surface area contributed by atoms with Crippen LogP contribution in [0.2, 0.25) is 0 Å². The molecular weight excluding hydrogens is 238 g/mol. The van der Waals surface area contributed by atoms with Gasteiger partial charge in [0.1, 0.15) is 5.69 Å². The molecule has 0 bridgehead atoms. The van der Waals surface area contributed by atoms with Gasteiger partial charge < -0.3 is 14.9 Å². The molecule has 1 saturated heterocycles. The molecule has 0 aliphatic carbocycles. The first-order chi connectivity index (χ1) is 8.63. The number of nitrogens with one attached hydrogen (secondary N) is 1. The van der Waals surface area contributed by atoms with Crippen molar-refractivity contribution in [2.24, 2.45) is 0 Å². The number of rotatable bonds is 5. The topological polar surface area (TPSA) is 98.7 Å². The molecule has 7 nitrogen and oxygen atoms in total. The Bertz CT molecular complexity index is 420. The van der Waals surface area contributed by atoms with Crippen molar-refractivity contribution in [2.45, 2.75) is 25.6 Å². The Balaban J connectivity index is 2.10. The van der Waals surface area contributed by atoms with Gasteiger partial charge in [0.2, 0.25) is 0 Å². The monoisotopic (exact) mass is 255 g/mol. The number of carboxylic acids is 1. The summed E-state index contributed by atoms with van der Waals surface area (Å²) in [7, 11) is 0. The summed E-state index contributed by atoms with van der Waals surface area (Å²) >= 11 is 0. The molecule has 100 valence electrons. The minimum Gasteiger partial charge on any atom is -0.477 e. The molecule has 0 aromatic carbocycles. The number of hydrogen-bond acceptors (Lipinski definition) is 5. The van der Waals surface area contributed by atoms with Crippen LogP contribution in [0.4, 0.5) is 0 Å². The van der Waals surface area contributed by atoms with Gasteiger partial charge in [-0.05, 0) is 6.54 Å². The van der Waals surface area contributed by atoms with Crippen molar-refractivity contribution in [3.8, 4) is 0 Å². The van der Waals surface area contributed by atoms with Crippen LogP contribution in [0.25, 0.3) is 0 Å². The molecule has 1 aromatic rings. The lowest BCUT2D eigenvalue weighted by Crippen LogP contribution is -2.42. The fourth-order valence-electron chi connectivity index (χ4n) is 2.18. The van der Waals surface area contributed by atoms with Gasteiger partial charge in [-0.25, -0.2) is 4.79 Å². The van der Waals surface area contributed by atoms with E-state index < -0.39 is 12.1 Å². The number of aromatic amines is 1. The molecule has 18 heavy (non-hydrogen) atoms. The van der Waals surface area contributed by atoms with Crippen LogP contribution in [0.3, 0.4) is 0 Å². The number of aliphatic hydroxyl groups excluding tert-OH is 1. The largest absolute Gasteiger partial charge is 0.477 e. The van der Waals surface area contributed by atoms with Gasteiger partial charge in [0, 0.05) is 12.1 Å². The van der Waals surface area contributed by atoms with E-state index in [1.165, 1.54) is 6.20 Å². The molecule has 1 aliphatic rings. The first-order valence-electron chi connectivity index (χ1n) is 5.88. The number of aliphatic hydroxyl groups is 1. The predicted octanol–water partition coefficient (Wildman–Crippen LogP) is -0.310. The number of carboxylic acid groups (broad SMARTS) is 1. The lowest BCUT2D eigenvalue weighted by atomic mass is 10.1. The summed E-state index contributed by atoms with van der Waals surface area (Å²) in [6.45, 7) is 3.90. The zero-order chi connectivity index (χ0) is 13.1. The Labute approximate surface area is 104 Å². The third-order valence-corrected chi connectivity index (χ3v) is 3.20. The molecule has 2 heterocycles. The smallest absolute Gasteiger partial charge is 0.354 e. The number of carbonyl (C=O) groups is 1. The average molecular weight is 255 g/mol. The standard InChI is InChI=1S/C11H17N3O4/c1-2-14(8-5-18-6-9(8)15)4-7-3-12-13-10(7)11(16)17/h3,8-9,15H,2,4-6H2,1H3,(H,12,13)(H,16,17)/t8-,9-/m0/s1. The number of aromatic nitrogens is 2. The molecule has 2 atom stereocenters. The Morgan fingerprint density at radius 1 is 1.67 bits per heavy atom. The second kappa shape index (κ2) is 5.47. The number of aromatic carboxylic acids is 1. The lowest BCUT2D eigenvalue weighted by Gasteiger charge is -2.28. The number of hydrogen-bond donors (Lipinski definition) is 3. The molecular formula is C11H17N3O4. The van der Waals surface area contributed by atoms with Crippen molar-refractivity contribution in [3.05, 3.63) is 17.5 Å². The van der Waals surface area contributed by atoms with Gasteiger partial charge in [-0.15, -0.1) is 0 Å². The maximum atomic E-state index is 11.0. The quantitative estimate of drug-likeness (QED) is 0.667. The van der Waals surface area contributed by atoms with Crippen LogP contribution in [0.15, 0.2) is 6.20 Å².